The van der Waals surface area contributed by atoms with E-state index in [-0.39, 0.29) is 5.82 Å². The van der Waals surface area contributed by atoms with Gasteiger partial charge in [-0.25, -0.2) is 4.98 Å². The van der Waals surface area contributed by atoms with E-state index < -0.39 is 0 Å². The van der Waals surface area contributed by atoms with Gasteiger partial charge in [0, 0.05) is 11.1 Å². The van der Waals surface area contributed by atoms with Crippen molar-refractivity contribution in [2.75, 3.05) is 5.73 Å². The molecule has 1 aromatic heterocycles. The summed E-state index contributed by atoms with van der Waals surface area (Å²) in [4.78, 5) is 4.45. The quantitative estimate of drug-likeness (QED) is 0.722. The Morgan fingerprint density at radius 3 is 2.24 bits per heavy atom. The van der Waals surface area contributed by atoms with E-state index in [9.17, 15) is 5.26 Å². The zero-order chi connectivity index (χ0) is 17.8. The smallest absolute Gasteiger partial charge is 0.142 e. The summed E-state index contributed by atoms with van der Waals surface area (Å²) in [5, 5.41) is 9.50. The van der Waals surface area contributed by atoms with Crippen molar-refractivity contribution in [3.63, 3.8) is 0 Å². The fourth-order valence-electron chi connectivity index (χ4n) is 2.92. The molecule has 1 heterocycles. The van der Waals surface area contributed by atoms with Crippen LogP contribution in [0.4, 0.5) is 5.82 Å². The second kappa shape index (κ2) is 7.19. The summed E-state index contributed by atoms with van der Waals surface area (Å²) in [6.45, 7) is 4.21. The Labute approximate surface area is 148 Å². The fraction of sp³-hybridized carbons (Fsp3) is 0.182. The molecule has 2 N–H and O–H groups in total. The van der Waals surface area contributed by atoms with Crippen molar-refractivity contribution in [2.45, 2.75) is 26.7 Å². The third kappa shape index (κ3) is 3.54. The van der Waals surface area contributed by atoms with Gasteiger partial charge in [-0.2, -0.15) is 5.26 Å². The molecule has 0 spiro atoms. The normalized spacial score (nSPS) is 10.4. The van der Waals surface area contributed by atoms with Crippen LogP contribution in [0.3, 0.4) is 0 Å². The molecule has 124 valence electrons. The summed E-state index contributed by atoms with van der Waals surface area (Å²) in [5.74, 6) is 0.271. The molecule has 2 aromatic carbocycles. The molecule has 0 saturated heterocycles. The van der Waals surface area contributed by atoms with Gasteiger partial charge in [0.15, 0.2) is 0 Å². The van der Waals surface area contributed by atoms with Crippen molar-refractivity contribution in [3.05, 3.63) is 71.3 Å². The van der Waals surface area contributed by atoms with Gasteiger partial charge in [0.2, 0.25) is 0 Å². The van der Waals surface area contributed by atoms with Crippen molar-refractivity contribution >= 4 is 5.82 Å². The lowest BCUT2D eigenvalue weighted by Crippen LogP contribution is -2.00. The Hall–Kier alpha value is -3.12. The van der Waals surface area contributed by atoms with Crippen molar-refractivity contribution in [1.82, 2.24) is 4.98 Å². The number of benzene rings is 2. The first-order chi connectivity index (χ1) is 12.1. The van der Waals surface area contributed by atoms with Crippen LogP contribution in [0.5, 0.6) is 0 Å². The minimum absolute atomic E-state index is 0.271. The van der Waals surface area contributed by atoms with Crippen molar-refractivity contribution in [3.8, 4) is 28.5 Å². The standard InChI is InChI=1S/C22H21N3/c1-3-4-16-7-11-18(12-8-16)21-13-19(20(14-23)22(24)25-21)17-9-5-15(2)6-10-17/h5-13H,3-4H2,1-2H3,(H2,24,25). The summed E-state index contributed by atoms with van der Waals surface area (Å²) in [5.41, 5.74) is 12.6. The summed E-state index contributed by atoms with van der Waals surface area (Å²) in [6.07, 6.45) is 2.19. The Morgan fingerprint density at radius 1 is 1.00 bits per heavy atom. The molecule has 0 aliphatic heterocycles. The highest BCUT2D eigenvalue weighted by Gasteiger charge is 2.13. The van der Waals surface area contributed by atoms with Gasteiger partial charge < -0.3 is 5.73 Å². The first kappa shape index (κ1) is 16.7. The van der Waals surface area contributed by atoms with Gasteiger partial charge in [0.1, 0.15) is 17.5 Å². The second-order valence-electron chi connectivity index (χ2n) is 6.24. The van der Waals surface area contributed by atoms with Crippen LogP contribution in [0.25, 0.3) is 22.4 Å². The first-order valence-corrected chi connectivity index (χ1v) is 8.49. The summed E-state index contributed by atoms with van der Waals surface area (Å²) >= 11 is 0. The number of nitrogens with zero attached hydrogens (tertiary/aromatic N) is 2. The minimum Gasteiger partial charge on any atom is -0.383 e. The first-order valence-electron chi connectivity index (χ1n) is 8.49. The van der Waals surface area contributed by atoms with Gasteiger partial charge in [-0.3, -0.25) is 0 Å². The number of aryl methyl sites for hydroxylation is 2. The molecule has 25 heavy (non-hydrogen) atoms. The Morgan fingerprint density at radius 2 is 1.64 bits per heavy atom. The molecule has 3 heteroatoms. The average molecular weight is 327 g/mol. The maximum atomic E-state index is 9.50. The number of hydrogen-bond acceptors (Lipinski definition) is 3. The molecule has 3 rings (SSSR count). The topological polar surface area (TPSA) is 62.7 Å². The molecule has 0 aliphatic rings. The van der Waals surface area contributed by atoms with Crippen LogP contribution < -0.4 is 5.73 Å². The lowest BCUT2D eigenvalue weighted by atomic mass is 9.97. The Balaban J connectivity index is 2.10. The number of pyridine rings is 1. The van der Waals surface area contributed by atoms with Gasteiger partial charge >= 0.3 is 0 Å². The van der Waals surface area contributed by atoms with Crippen LogP contribution in [0, 0.1) is 18.3 Å². The van der Waals surface area contributed by atoms with E-state index in [0.29, 0.717) is 5.56 Å². The number of rotatable bonds is 4. The number of anilines is 1. The van der Waals surface area contributed by atoms with Crippen LogP contribution in [0.2, 0.25) is 0 Å². The third-order valence-electron chi connectivity index (χ3n) is 4.31. The van der Waals surface area contributed by atoms with Crippen LogP contribution in [-0.2, 0) is 6.42 Å². The van der Waals surface area contributed by atoms with Crippen LogP contribution in [-0.4, -0.2) is 4.98 Å². The van der Waals surface area contributed by atoms with E-state index >= 15 is 0 Å². The maximum absolute atomic E-state index is 9.50. The molecule has 3 aromatic rings. The van der Waals surface area contributed by atoms with Crippen LogP contribution in [0.15, 0.2) is 54.6 Å². The summed E-state index contributed by atoms with van der Waals surface area (Å²) < 4.78 is 0. The van der Waals surface area contributed by atoms with Gasteiger partial charge in [-0.05, 0) is 30.5 Å². The fourth-order valence-corrected chi connectivity index (χ4v) is 2.92. The summed E-state index contributed by atoms with van der Waals surface area (Å²) in [7, 11) is 0. The molecule has 0 saturated carbocycles. The number of nitrogens with two attached hydrogens (primary N) is 1. The van der Waals surface area contributed by atoms with Gasteiger partial charge in [-0.15, -0.1) is 0 Å². The molecule has 0 radical (unpaired) electrons. The average Bonchev–Trinajstić information content (AvgIpc) is 2.62. The van der Waals surface area contributed by atoms with E-state index in [1.807, 2.05) is 37.3 Å². The Kier molecular flexibility index (Phi) is 4.81. The predicted octanol–water partition coefficient (Wildman–Crippen LogP) is 5.13. The van der Waals surface area contributed by atoms with E-state index in [1.54, 1.807) is 0 Å². The van der Waals surface area contributed by atoms with Crippen LogP contribution >= 0.6 is 0 Å². The van der Waals surface area contributed by atoms with E-state index in [4.69, 9.17) is 5.73 Å². The molecule has 0 bridgehead atoms. The van der Waals surface area contributed by atoms with E-state index in [0.717, 1.165) is 35.2 Å². The van der Waals surface area contributed by atoms with Gasteiger partial charge in [-0.1, -0.05) is 67.4 Å². The largest absolute Gasteiger partial charge is 0.383 e. The lowest BCUT2D eigenvalue weighted by molar-refractivity contribution is 0.922. The Bertz CT molecular complexity index is 917. The van der Waals surface area contributed by atoms with E-state index in [2.05, 4.69) is 42.2 Å². The third-order valence-corrected chi connectivity index (χ3v) is 4.31. The zero-order valence-electron chi connectivity index (χ0n) is 14.6. The number of aromatic nitrogens is 1. The predicted molar refractivity (Wildman–Crippen MR) is 103 cm³/mol. The molecule has 0 atom stereocenters. The van der Waals surface area contributed by atoms with Gasteiger partial charge in [0.25, 0.3) is 0 Å². The molecular formula is C22H21N3. The van der Waals surface area contributed by atoms with Crippen molar-refractivity contribution in [2.24, 2.45) is 0 Å². The highest BCUT2D eigenvalue weighted by atomic mass is 14.8. The second-order valence-corrected chi connectivity index (χ2v) is 6.24. The molecule has 0 aliphatic carbocycles. The van der Waals surface area contributed by atoms with Crippen molar-refractivity contribution < 1.29 is 0 Å². The molecule has 0 unspecified atom stereocenters. The highest BCUT2D eigenvalue weighted by Crippen LogP contribution is 2.31. The minimum atomic E-state index is 0.271. The molecule has 0 fully saturated rings. The van der Waals surface area contributed by atoms with Crippen molar-refractivity contribution in [1.29, 1.82) is 5.26 Å². The zero-order valence-corrected chi connectivity index (χ0v) is 14.6. The van der Waals surface area contributed by atoms with Crippen LogP contribution in [0.1, 0.15) is 30.0 Å². The monoisotopic (exact) mass is 327 g/mol. The number of hydrogen-bond donors (Lipinski definition) is 1. The maximum Gasteiger partial charge on any atom is 0.142 e. The number of nitrogen functional groups attached to an aromatic ring is 1. The lowest BCUT2D eigenvalue weighted by Gasteiger charge is -2.11. The summed E-state index contributed by atoms with van der Waals surface area (Å²) in [6, 6.07) is 20.6. The van der Waals surface area contributed by atoms with Gasteiger partial charge in [0.05, 0.1) is 5.69 Å². The number of nitriles is 1. The highest BCUT2D eigenvalue weighted by molar-refractivity contribution is 5.80. The SMILES string of the molecule is CCCc1ccc(-c2cc(-c3ccc(C)cc3)c(C#N)c(N)n2)cc1. The molecular weight excluding hydrogens is 306 g/mol. The molecule has 0 amide bonds. The van der Waals surface area contributed by atoms with E-state index in [1.165, 1.54) is 11.1 Å². The molecule has 3 nitrogen and oxygen atoms in total.